The first-order valence-corrected chi connectivity index (χ1v) is 10.2. The Balaban J connectivity index is 1.85. The fraction of sp³-hybridized carbons (Fsp3) is 0.125. The molecular formula is C24H20O3S. The number of benzene rings is 3. The summed E-state index contributed by atoms with van der Waals surface area (Å²) in [6.45, 7) is 3.48. The smallest absolute Gasteiger partial charge is 0.173 e. The van der Waals surface area contributed by atoms with Crippen LogP contribution in [0.15, 0.2) is 95.2 Å². The molecular weight excluding hydrogens is 368 g/mol. The molecule has 0 amide bonds. The van der Waals surface area contributed by atoms with Crippen LogP contribution in [-0.2, 0) is 21.4 Å². The molecule has 0 aromatic heterocycles. The van der Waals surface area contributed by atoms with Crippen molar-refractivity contribution in [3.63, 3.8) is 0 Å². The molecule has 140 valence electrons. The van der Waals surface area contributed by atoms with Gasteiger partial charge in [-0.2, -0.15) is 0 Å². The molecule has 0 bridgehead atoms. The molecule has 1 aliphatic carbocycles. The molecule has 3 aromatic rings. The van der Waals surface area contributed by atoms with E-state index in [-0.39, 0.29) is 12.2 Å². The van der Waals surface area contributed by atoms with Gasteiger partial charge in [-0.15, -0.1) is 0 Å². The molecule has 1 aliphatic rings. The number of hydrogen-bond donors (Lipinski definition) is 1. The van der Waals surface area contributed by atoms with Gasteiger partial charge in [-0.05, 0) is 41.0 Å². The predicted octanol–water partition coefficient (Wildman–Crippen LogP) is 4.23. The molecule has 4 rings (SSSR count). The minimum atomic E-state index is -1.45. The van der Waals surface area contributed by atoms with Crippen LogP contribution in [0.25, 0.3) is 11.1 Å². The lowest BCUT2D eigenvalue weighted by Crippen LogP contribution is -2.38. The highest BCUT2D eigenvalue weighted by molar-refractivity contribution is 7.95. The molecule has 0 aliphatic heterocycles. The van der Waals surface area contributed by atoms with Crippen LogP contribution in [0.3, 0.4) is 0 Å². The molecule has 0 saturated carbocycles. The maximum Gasteiger partial charge on any atom is 0.173 e. The Labute approximate surface area is 167 Å². The van der Waals surface area contributed by atoms with E-state index in [1.54, 1.807) is 12.1 Å². The van der Waals surface area contributed by atoms with Crippen molar-refractivity contribution in [1.82, 2.24) is 0 Å². The monoisotopic (exact) mass is 388 g/mol. The number of rotatable bonds is 6. The van der Waals surface area contributed by atoms with Crippen molar-refractivity contribution < 1.29 is 14.5 Å². The van der Waals surface area contributed by atoms with E-state index in [1.807, 2.05) is 66.7 Å². The number of hydrogen-bond acceptors (Lipinski definition) is 3. The van der Waals surface area contributed by atoms with Crippen molar-refractivity contribution in [2.45, 2.75) is 16.7 Å². The molecule has 0 spiro atoms. The summed E-state index contributed by atoms with van der Waals surface area (Å²) in [5.41, 5.74) is 2.53. The number of aliphatic hydroxyl groups excluding tert-OH is 1. The molecule has 4 heteroatoms. The van der Waals surface area contributed by atoms with Crippen molar-refractivity contribution in [2.75, 3.05) is 6.61 Å². The van der Waals surface area contributed by atoms with Gasteiger partial charge in [0, 0.05) is 17.6 Å². The van der Waals surface area contributed by atoms with E-state index in [2.05, 4.69) is 6.58 Å². The average molecular weight is 388 g/mol. The summed E-state index contributed by atoms with van der Waals surface area (Å²) in [7, 11) is 0. The van der Waals surface area contributed by atoms with Gasteiger partial charge in [0.15, 0.2) is 10.7 Å². The Kier molecular flexibility index (Phi) is 4.94. The summed E-state index contributed by atoms with van der Waals surface area (Å²) in [5.74, 6) is -0.309. The Bertz CT molecular complexity index is 997. The second-order valence-electron chi connectivity index (χ2n) is 6.88. The zero-order valence-corrected chi connectivity index (χ0v) is 16.1. The number of fused-ring (bicyclic) bond motifs is 3. The number of Topliss-reactive ketones (excluding diaryl/α,β-unsaturated/α-hetero) is 1. The van der Waals surface area contributed by atoms with E-state index in [0.717, 1.165) is 22.3 Å². The zero-order valence-electron chi connectivity index (χ0n) is 15.3. The Morgan fingerprint density at radius 2 is 1.39 bits per heavy atom. The van der Waals surface area contributed by atoms with Crippen LogP contribution in [0.1, 0.15) is 17.5 Å². The standard InChI is InChI=1S/C24H20O3S/c1-17(28(27)18-9-3-2-4-10-18)15-24(23(26)16-25)21-13-7-5-11-19(21)20-12-6-8-14-22(20)24/h2-14,25H,1,15-16H2. The molecule has 3 nitrogen and oxygen atoms in total. The number of ketones is 1. The van der Waals surface area contributed by atoms with Gasteiger partial charge >= 0.3 is 0 Å². The average Bonchev–Trinajstić information content (AvgIpc) is 3.04. The molecule has 0 saturated heterocycles. The van der Waals surface area contributed by atoms with Crippen molar-refractivity contribution in [3.05, 3.63) is 101 Å². The number of carbonyl (C=O) groups excluding carboxylic acids is 1. The maximum absolute atomic E-state index is 13.2. The van der Waals surface area contributed by atoms with E-state index < -0.39 is 23.2 Å². The van der Waals surface area contributed by atoms with Crippen LogP contribution >= 0.6 is 0 Å². The summed E-state index contributed by atoms with van der Waals surface area (Å²) in [5, 5.41) is 9.83. The van der Waals surface area contributed by atoms with Gasteiger partial charge in [0.1, 0.15) is 11.5 Å². The summed E-state index contributed by atoms with van der Waals surface area (Å²) >= 11 is -1.45. The van der Waals surface area contributed by atoms with E-state index >= 15 is 0 Å². The molecule has 1 N–H and O–H groups in total. The topological polar surface area (TPSA) is 60.4 Å². The minimum Gasteiger partial charge on any atom is -0.607 e. The highest BCUT2D eigenvalue weighted by atomic mass is 32.2. The lowest BCUT2D eigenvalue weighted by Gasteiger charge is -2.30. The number of aliphatic hydroxyl groups is 1. The third kappa shape index (κ3) is 2.81. The number of carbonyl (C=O) groups is 1. The van der Waals surface area contributed by atoms with Crippen LogP contribution in [-0.4, -0.2) is 22.0 Å². The van der Waals surface area contributed by atoms with E-state index in [1.165, 1.54) is 0 Å². The summed E-state index contributed by atoms with van der Waals surface area (Å²) in [4.78, 5) is 14.3. The van der Waals surface area contributed by atoms with Crippen molar-refractivity contribution in [3.8, 4) is 11.1 Å². The molecule has 0 fully saturated rings. The maximum atomic E-state index is 13.2. The van der Waals surface area contributed by atoms with Gasteiger partial charge in [0.25, 0.3) is 0 Å². The Morgan fingerprint density at radius 3 is 1.93 bits per heavy atom. The van der Waals surface area contributed by atoms with Crippen LogP contribution in [0, 0.1) is 0 Å². The first-order chi connectivity index (χ1) is 13.6. The molecule has 28 heavy (non-hydrogen) atoms. The summed E-state index contributed by atoms with van der Waals surface area (Å²) in [6.07, 6.45) is 0.182. The van der Waals surface area contributed by atoms with Gasteiger partial charge in [-0.1, -0.05) is 66.7 Å². The van der Waals surface area contributed by atoms with Crippen LogP contribution in [0.4, 0.5) is 0 Å². The third-order valence-corrected chi connectivity index (χ3v) is 6.73. The van der Waals surface area contributed by atoms with E-state index in [4.69, 9.17) is 0 Å². The third-order valence-electron chi connectivity index (χ3n) is 5.37. The second kappa shape index (κ2) is 7.40. The molecule has 3 aromatic carbocycles. The van der Waals surface area contributed by atoms with E-state index in [9.17, 15) is 14.5 Å². The predicted molar refractivity (Wildman–Crippen MR) is 111 cm³/mol. The highest BCUT2D eigenvalue weighted by Crippen LogP contribution is 2.52. The van der Waals surface area contributed by atoms with Crippen LogP contribution in [0.2, 0.25) is 0 Å². The van der Waals surface area contributed by atoms with Gasteiger partial charge < -0.3 is 9.66 Å². The van der Waals surface area contributed by atoms with Gasteiger partial charge in [0.2, 0.25) is 0 Å². The lowest BCUT2D eigenvalue weighted by atomic mass is 9.72. The first kappa shape index (κ1) is 18.7. The SMILES string of the molecule is C=C(CC1(C(=O)CO)c2ccccc2-c2ccccc21)[S+]([O-])c1ccccc1. The summed E-state index contributed by atoms with van der Waals surface area (Å²) < 4.78 is 13.0. The van der Waals surface area contributed by atoms with E-state index in [0.29, 0.717) is 9.80 Å². The Morgan fingerprint density at radius 1 is 0.893 bits per heavy atom. The second-order valence-corrected chi connectivity index (χ2v) is 8.46. The van der Waals surface area contributed by atoms with Gasteiger partial charge in [-0.3, -0.25) is 4.79 Å². The van der Waals surface area contributed by atoms with Gasteiger partial charge in [-0.25, -0.2) is 0 Å². The molecule has 1 unspecified atom stereocenters. The largest absolute Gasteiger partial charge is 0.607 e. The van der Waals surface area contributed by atoms with Crippen LogP contribution < -0.4 is 0 Å². The summed E-state index contributed by atoms with van der Waals surface area (Å²) in [6, 6.07) is 24.6. The van der Waals surface area contributed by atoms with Gasteiger partial charge in [0.05, 0.1) is 5.41 Å². The first-order valence-electron chi connectivity index (χ1n) is 9.07. The fourth-order valence-electron chi connectivity index (χ4n) is 4.12. The molecule has 0 heterocycles. The van der Waals surface area contributed by atoms with Crippen molar-refractivity contribution in [1.29, 1.82) is 0 Å². The quantitative estimate of drug-likeness (QED) is 0.643. The normalized spacial score (nSPS) is 14.8. The van der Waals surface area contributed by atoms with Crippen molar-refractivity contribution >= 4 is 17.0 Å². The molecule has 1 atom stereocenters. The van der Waals surface area contributed by atoms with Crippen molar-refractivity contribution in [2.24, 2.45) is 0 Å². The lowest BCUT2D eigenvalue weighted by molar-refractivity contribution is -0.125. The Hall–Kier alpha value is -2.66. The fourth-order valence-corrected chi connectivity index (χ4v) is 5.21. The molecule has 0 radical (unpaired) electrons. The minimum absolute atomic E-state index is 0.182. The number of allylic oxidation sites excluding steroid dienone is 1. The highest BCUT2D eigenvalue weighted by Gasteiger charge is 2.50. The zero-order chi connectivity index (χ0) is 19.7. The van der Waals surface area contributed by atoms with Crippen LogP contribution in [0.5, 0.6) is 0 Å².